The molecule has 1 aromatic carbocycles. The summed E-state index contributed by atoms with van der Waals surface area (Å²) < 4.78 is 0. The highest BCUT2D eigenvalue weighted by atomic mass is 16.4. The van der Waals surface area contributed by atoms with Gasteiger partial charge in [-0.2, -0.15) is 0 Å². The average Bonchev–Trinajstić information content (AvgIpc) is 3.38. The normalized spacial score (nSPS) is 16.8. The van der Waals surface area contributed by atoms with E-state index in [-0.39, 0.29) is 24.2 Å². The van der Waals surface area contributed by atoms with Crippen LogP contribution >= 0.6 is 0 Å². The summed E-state index contributed by atoms with van der Waals surface area (Å²) in [5.41, 5.74) is 6.95. The lowest BCUT2D eigenvalue weighted by molar-refractivity contribution is -0.137. The van der Waals surface area contributed by atoms with Crippen molar-refractivity contribution in [1.29, 1.82) is 5.41 Å². The smallest absolute Gasteiger partial charge is 0.304 e. The van der Waals surface area contributed by atoms with E-state index < -0.39 is 5.97 Å². The minimum atomic E-state index is -0.812. The molecule has 9 nitrogen and oxygen atoms in total. The van der Waals surface area contributed by atoms with Crippen LogP contribution in [0.1, 0.15) is 68.9 Å². The van der Waals surface area contributed by atoms with E-state index in [4.69, 9.17) is 16.2 Å². The second-order valence-electron chi connectivity index (χ2n) is 9.03. The molecule has 3 rings (SSSR count). The highest BCUT2D eigenvalue weighted by Crippen LogP contribution is 2.28. The van der Waals surface area contributed by atoms with E-state index in [0.717, 1.165) is 37.9 Å². The maximum Gasteiger partial charge on any atom is 0.304 e. The van der Waals surface area contributed by atoms with Crippen LogP contribution in [0.5, 0.6) is 0 Å². The van der Waals surface area contributed by atoms with Crippen LogP contribution in [-0.2, 0) is 20.9 Å². The number of carboxylic acids is 1. The Labute approximate surface area is 202 Å². The number of hydrogen-bond acceptors (Lipinski definition) is 5. The van der Waals surface area contributed by atoms with Gasteiger partial charge in [-0.25, -0.2) is 0 Å². The van der Waals surface area contributed by atoms with E-state index in [1.807, 2.05) is 17.0 Å². The molecule has 0 radical (unpaired) electrons. The number of nitrogens with two attached hydrogens (primary N) is 1. The number of nitrogens with zero attached hydrogens (tertiary/aromatic N) is 1. The zero-order valence-corrected chi connectivity index (χ0v) is 19.9. The second kappa shape index (κ2) is 15.1. The van der Waals surface area contributed by atoms with Gasteiger partial charge in [0.05, 0.1) is 12.5 Å². The number of amidine groups is 1. The van der Waals surface area contributed by atoms with E-state index in [2.05, 4.69) is 10.6 Å². The summed E-state index contributed by atoms with van der Waals surface area (Å²) in [6, 6.07) is 6.97. The molecule has 1 aliphatic heterocycles. The summed E-state index contributed by atoms with van der Waals surface area (Å²) in [4.78, 5) is 35.2. The molecule has 0 aromatic heterocycles. The van der Waals surface area contributed by atoms with Gasteiger partial charge in [-0.1, -0.05) is 56.4 Å². The monoisotopic (exact) mass is 473 g/mol. The molecule has 9 heteroatoms. The van der Waals surface area contributed by atoms with Crippen molar-refractivity contribution in [2.75, 3.05) is 19.6 Å². The SMILES string of the molecule is N=C(N)c1ccc(CNC=O)cc1.O=C(O)CCNC(CC1CCCCC1)C(=O)N1CCCC1. The number of carboxylic acid groups (broad SMARTS) is 1. The first-order valence-corrected chi connectivity index (χ1v) is 12.2. The van der Waals surface area contributed by atoms with Crippen molar-refractivity contribution in [2.45, 2.75) is 70.4 Å². The van der Waals surface area contributed by atoms with Gasteiger partial charge < -0.3 is 26.4 Å². The summed E-state index contributed by atoms with van der Waals surface area (Å²) in [6.45, 7) is 2.61. The molecule has 2 fully saturated rings. The minimum absolute atomic E-state index is 0.0508. The van der Waals surface area contributed by atoms with E-state index in [1.54, 1.807) is 12.1 Å². The Balaban J connectivity index is 0.000000270. The van der Waals surface area contributed by atoms with E-state index in [9.17, 15) is 14.4 Å². The molecule has 34 heavy (non-hydrogen) atoms. The van der Waals surface area contributed by atoms with Crippen molar-refractivity contribution in [1.82, 2.24) is 15.5 Å². The molecule has 6 N–H and O–H groups in total. The summed E-state index contributed by atoms with van der Waals surface area (Å²) in [5, 5.41) is 21.7. The van der Waals surface area contributed by atoms with Crippen LogP contribution in [0.2, 0.25) is 0 Å². The van der Waals surface area contributed by atoms with Crippen LogP contribution in [0.4, 0.5) is 0 Å². The molecule has 1 saturated heterocycles. The topological polar surface area (TPSA) is 149 Å². The van der Waals surface area contributed by atoms with Crippen molar-refractivity contribution in [3.05, 3.63) is 35.4 Å². The first-order valence-electron chi connectivity index (χ1n) is 12.2. The van der Waals surface area contributed by atoms with Crippen LogP contribution in [0.25, 0.3) is 0 Å². The third-order valence-corrected chi connectivity index (χ3v) is 6.39. The Hall–Kier alpha value is -2.94. The number of nitrogen functional groups attached to an aromatic ring is 1. The summed E-state index contributed by atoms with van der Waals surface area (Å²) in [7, 11) is 0. The van der Waals surface area contributed by atoms with Crippen LogP contribution in [0.15, 0.2) is 24.3 Å². The molecule has 2 amide bonds. The molecule has 0 bridgehead atoms. The Bertz CT molecular complexity index is 787. The first kappa shape index (κ1) is 27.3. The molecular weight excluding hydrogens is 434 g/mol. The van der Waals surface area contributed by atoms with Crippen molar-refractivity contribution in [3.63, 3.8) is 0 Å². The van der Waals surface area contributed by atoms with Gasteiger partial charge in [0, 0.05) is 31.7 Å². The quantitative estimate of drug-likeness (QED) is 0.189. The molecule has 188 valence electrons. The number of carbonyl (C=O) groups is 3. The summed E-state index contributed by atoms with van der Waals surface area (Å²) in [6.07, 6.45) is 10.1. The van der Waals surface area contributed by atoms with Gasteiger partial charge in [-0.15, -0.1) is 0 Å². The van der Waals surface area contributed by atoms with Crippen molar-refractivity contribution < 1.29 is 19.5 Å². The van der Waals surface area contributed by atoms with Gasteiger partial charge in [0.1, 0.15) is 5.84 Å². The summed E-state index contributed by atoms with van der Waals surface area (Å²) >= 11 is 0. The number of aliphatic carboxylic acids is 1. The number of hydrogen-bond donors (Lipinski definition) is 5. The fourth-order valence-electron chi connectivity index (χ4n) is 4.50. The lowest BCUT2D eigenvalue weighted by Crippen LogP contribution is -2.47. The Kier molecular flexibility index (Phi) is 12.1. The highest BCUT2D eigenvalue weighted by Gasteiger charge is 2.29. The van der Waals surface area contributed by atoms with Crippen LogP contribution in [0, 0.1) is 11.3 Å². The van der Waals surface area contributed by atoms with Crippen LogP contribution in [0.3, 0.4) is 0 Å². The number of benzene rings is 1. The zero-order valence-electron chi connectivity index (χ0n) is 19.9. The number of likely N-dealkylation sites (tertiary alicyclic amines) is 1. The number of carbonyl (C=O) groups excluding carboxylic acids is 2. The molecule has 1 atom stereocenters. The first-order chi connectivity index (χ1) is 16.4. The molecule has 1 aromatic rings. The molecule has 1 saturated carbocycles. The molecule has 1 heterocycles. The largest absolute Gasteiger partial charge is 0.481 e. The van der Waals surface area contributed by atoms with Crippen molar-refractivity contribution in [3.8, 4) is 0 Å². The molecule has 1 aliphatic carbocycles. The van der Waals surface area contributed by atoms with Crippen molar-refractivity contribution in [2.24, 2.45) is 11.7 Å². The molecular formula is C25H39N5O4. The van der Waals surface area contributed by atoms with Gasteiger partial charge >= 0.3 is 5.97 Å². The summed E-state index contributed by atoms with van der Waals surface area (Å²) in [5.74, 6) is 0.0403. The fraction of sp³-hybridized carbons (Fsp3) is 0.600. The number of amides is 2. The van der Waals surface area contributed by atoms with Gasteiger partial charge in [0.15, 0.2) is 0 Å². The minimum Gasteiger partial charge on any atom is -0.481 e. The van der Waals surface area contributed by atoms with Gasteiger partial charge in [-0.05, 0) is 30.7 Å². The molecule has 0 spiro atoms. The predicted octanol–water partition coefficient (Wildman–Crippen LogP) is 2.23. The maximum absolute atomic E-state index is 12.6. The zero-order chi connectivity index (χ0) is 24.8. The van der Waals surface area contributed by atoms with Crippen molar-refractivity contribution >= 4 is 24.1 Å². The number of nitrogens with one attached hydrogen (secondary N) is 3. The van der Waals surface area contributed by atoms with Gasteiger partial charge in [0.25, 0.3) is 0 Å². The molecule has 2 aliphatic rings. The predicted molar refractivity (Wildman–Crippen MR) is 131 cm³/mol. The third kappa shape index (κ3) is 9.91. The maximum atomic E-state index is 12.6. The standard InChI is InChI=1S/C16H28N2O3.C9H11N3O/c19-15(20)8-9-17-14(12-13-6-2-1-3-7-13)16(21)18-10-4-5-11-18;10-9(11)8-3-1-7(2-4-8)5-12-6-13/h13-14,17H,1-12H2,(H,19,20);1-4,6H,5H2,(H3,10,11)(H,12,13). The second-order valence-corrected chi connectivity index (χ2v) is 9.03. The van der Waals surface area contributed by atoms with E-state index in [1.165, 1.54) is 32.1 Å². The average molecular weight is 474 g/mol. The van der Waals surface area contributed by atoms with E-state index in [0.29, 0.717) is 31.0 Å². The van der Waals surface area contributed by atoms with Gasteiger partial charge in [-0.3, -0.25) is 19.8 Å². The Morgan fingerprint density at radius 1 is 1.12 bits per heavy atom. The Morgan fingerprint density at radius 2 is 1.76 bits per heavy atom. The lowest BCUT2D eigenvalue weighted by Gasteiger charge is -2.29. The van der Waals surface area contributed by atoms with Crippen LogP contribution < -0.4 is 16.4 Å². The van der Waals surface area contributed by atoms with E-state index >= 15 is 0 Å². The lowest BCUT2D eigenvalue weighted by atomic mass is 9.84. The highest BCUT2D eigenvalue weighted by molar-refractivity contribution is 5.94. The molecule has 1 unspecified atom stereocenters. The third-order valence-electron chi connectivity index (χ3n) is 6.39. The fourth-order valence-corrected chi connectivity index (χ4v) is 4.50. The van der Waals surface area contributed by atoms with Crippen LogP contribution in [-0.4, -0.2) is 59.8 Å². The number of rotatable bonds is 11. The van der Waals surface area contributed by atoms with Gasteiger partial charge in [0.2, 0.25) is 12.3 Å². The Morgan fingerprint density at radius 3 is 2.32 bits per heavy atom.